The second-order valence-corrected chi connectivity index (χ2v) is 4.10. The van der Waals surface area contributed by atoms with E-state index < -0.39 is 5.82 Å². The predicted octanol–water partition coefficient (Wildman–Crippen LogP) is 2.70. The summed E-state index contributed by atoms with van der Waals surface area (Å²) in [6, 6.07) is 3.93. The van der Waals surface area contributed by atoms with Gasteiger partial charge in [-0.05, 0) is 12.1 Å². The molecule has 0 aliphatic heterocycles. The third-order valence-electron chi connectivity index (χ3n) is 2.00. The fraction of sp³-hybridized carbons (Fsp3) is 0. The van der Waals surface area contributed by atoms with E-state index in [-0.39, 0.29) is 21.6 Å². The SMILES string of the molecule is NC(=S)c1nccnc1Oc1ccc(F)c(Cl)c1. The van der Waals surface area contributed by atoms with Crippen molar-refractivity contribution < 1.29 is 9.13 Å². The van der Waals surface area contributed by atoms with E-state index in [1.165, 1.54) is 30.6 Å². The molecule has 2 aromatic rings. The molecule has 0 atom stereocenters. The number of rotatable bonds is 3. The van der Waals surface area contributed by atoms with Gasteiger partial charge in [-0.15, -0.1) is 0 Å². The Balaban J connectivity index is 2.34. The second kappa shape index (κ2) is 5.24. The monoisotopic (exact) mass is 283 g/mol. The molecule has 0 bridgehead atoms. The van der Waals surface area contributed by atoms with Gasteiger partial charge in [0, 0.05) is 18.5 Å². The Morgan fingerprint density at radius 1 is 1.33 bits per heavy atom. The zero-order valence-electron chi connectivity index (χ0n) is 8.93. The summed E-state index contributed by atoms with van der Waals surface area (Å²) >= 11 is 10.5. The number of ether oxygens (including phenoxy) is 1. The van der Waals surface area contributed by atoms with E-state index in [1.807, 2.05) is 0 Å². The van der Waals surface area contributed by atoms with Crippen molar-refractivity contribution in [2.75, 3.05) is 0 Å². The molecule has 0 unspecified atom stereocenters. The first-order chi connectivity index (χ1) is 8.58. The van der Waals surface area contributed by atoms with E-state index in [1.54, 1.807) is 0 Å². The predicted molar refractivity (Wildman–Crippen MR) is 69.4 cm³/mol. The van der Waals surface area contributed by atoms with Gasteiger partial charge in [0.15, 0.2) is 5.69 Å². The fourth-order valence-electron chi connectivity index (χ4n) is 1.22. The van der Waals surface area contributed by atoms with Crippen LogP contribution in [0.15, 0.2) is 30.6 Å². The summed E-state index contributed by atoms with van der Waals surface area (Å²) in [7, 11) is 0. The number of benzene rings is 1. The van der Waals surface area contributed by atoms with Crippen LogP contribution in [0.2, 0.25) is 5.02 Å². The zero-order chi connectivity index (χ0) is 13.1. The van der Waals surface area contributed by atoms with Gasteiger partial charge in [-0.1, -0.05) is 23.8 Å². The van der Waals surface area contributed by atoms with E-state index in [0.717, 1.165) is 0 Å². The van der Waals surface area contributed by atoms with Crippen LogP contribution in [0.4, 0.5) is 4.39 Å². The number of halogens is 2. The topological polar surface area (TPSA) is 61.0 Å². The summed E-state index contributed by atoms with van der Waals surface area (Å²) < 4.78 is 18.4. The van der Waals surface area contributed by atoms with Gasteiger partial charge in [-0.3, -0.25) is 0 Å². The van der Waals surface area contributed by atoms with Gasteiger partial charge in [0.25, 0.3) is 0 Å². The van der Waals surface area contributed by atoms with Crippen molar-refractivity contribution in [2.45, 2.75) is 0 Å². The maximum Gasteiger partial charge on any atom is 0.248 e. The zero-order valence-corrected chi connectivity index (χ0v) is 10.5. The van der Waals surface area contributed by atoms with Crippen LogP contribution in [-0.2, 0) is 0 Å². The Hall–Kier alpha value is -1.79. The number of nitrogens with two attached hydrogens (primary N) is 1. The Bertz CT molecular complexity index is 609. The van der Waals surface area contributed by atoms with Crippen molar-refractivity contribution in [3.05, 3.63) is 47.1 Å². The van der Waals surface area contributed by atoms with Crippen LogP contribution in [0, 0.1) is 5.82 Å². The van der Waals surface area contributed by atoms with Gasteiger partial charge in [0.2, 0.25) is 5.88 Å². The highest BCUT2D eigenvalue weighted by Crippen LogP contribution is 2.26. The molecule has 1 aromatic carbocycles. The average Bonchev–Trinajstić information content (AvgIpc) is 2.34. The lowest BCUT2D eigenvalue weighted by Gasteiger charge is -2.08. The molecular weight excluding hydrogens is 277 g/mol. The molecule has 1 heterocycles. The first-order valence-electron chi connectivity index (χ1n) is 4.81. The largest absolute Gasteiger partial charge is 0.437 e. The molecule has 7 heteroatoms. The summed E-state index contributed by atoms with van der Waals surface area (Å²) in [5, 5.41) is -0.0479. The van der Waals surface area contributed by atoms with Gasteiger partial charge in [0.1, 0.15) is 16.6 Å². The van der Waals surface area contributed by atoms with Gasteiger partial charge in [0.05, 0.1) is 5.02 Å². The smallest absolute Gasteiger partial charge is 0.248 e. The molecule has 18 heavy (non-hydrogen) atoms. The van der Waals surface area contributed by atoms with E-state index in [4.69, 9.17) is 34.3 Å². The van der Waals surface area contributed by atoms with Crippen molar-refractivity contribution in [3.63, 3.8) is 0 Å². The van der Waals surface area contributed by atoms with Gasteiger partial charge < -0.3 is 10.5 Å². The Labute approximate surface area is 113 Å². The molecule has 0 saturated carbocycles. The number of nitrogens with zero attached hydrogens (tertiary/aromatic N) is 2. The molecule has 0 aliphatic carbocycles. The van der Waals surface area contributed by atoms with Crippen molar-refractivity contribution in [2.24, 2.45) is 5.73 Å². The molecule has 0 fully saturated rings. The summed E-state index contributed by atoms with van der Waals surface area (Å²) in [5.74, 6) is -0.0650. The Kier molecular flexibility index (Phi) is 3.69. The van der Waals surface area contributed by atoms with Crippen LogP contribution in [0.25, 0.3) is 0 Å². The molecule has 1 aromatic heterocycles. The highest BCUT2D eigenvalue weighted by Gasteiger charge is 2.11. The van der Waals surface area contributed by atoms with Crippen molar-refractivity contribution >= 4 is 28.8 Å². The lowest BCUT2D eigenvalue weighted by molar-refractivity contribution is 0.457. The van der Waals surface area contributed by atoms with E-state index in [2.05, 4.69) is 9.97 Å². The number of hydrogen-bond acceptors (Lipinski definition) is 4. The average molecular weight is 284 g/mol. The number of thiocarbonyl (C=S) groups is 1. The van der Waals surface area contributed by atoms with E-state index >= 15 is 0 Å². The summed E-state index contributed by atoms with van der Waals surface area (Å²) in [6.07, 6.45) is 2.88. The minimum Gasteiger partial charge on any atom is -0.437 e. The molecule has 0 radical (unpaired) electrons. The fourth-order valence-corrected chi connectivity index (χ4v) is 1.53. The summed E-state index contributed by atoms with van der Waals surface area (Å²) in [5.41, 5.74) is 5.74. The quantitative estimate of drug-likeness (QED) is 0.878. The highest BCUT2D eigenvalue weighted by atomic mass is 35.5. The molecular formula is C11H7ClFN3OS. The first-order valence-corrected chi connectivity index (χ1v) is 5.60. The Morgan fingerprint density at radius 3 is 2.72 bits per heavy atom. The van der Waals surface area contributed by atoms with E-state index in [0.29, 0.717) is 5.75 Å². The molecule has 4 nitrogen and oxygen atoms in total. The van der Waals surface area contributed by atoms with Crippen LogP contribution < -0.4 is 10.5 Å². The first kappa shape index (κ1) is 12.7. The van der Waals surface area contributed by atoms with Gasteiger partial charge in [-0.2, -0.15) is 0 Å². The summed E-state index contributed by atoms with van der Waals surface area (Å²) in [4.78, 5) is 7.97. The maximum atomic E-state index is 13.0. The number of aromatic nitrogens is 2. The molecule has 0 spiro atoms. The lowest BCUT2D eigenvalue weighted by Crippen LogP contribution is -2.13. The lowest BCUT2D eigenvalue weighted by atomic mass is 10.3. The molecule has 92 valence electrons. The van der Waals surface area contributed by atoms with Crippen LogP contribution in [-0.4, -0.2) is 15.0 Å². The van der Waals surface area contributed by atoms with Gasteiger partial charge >= 0.3 is 0 Å². The van der Waals surface area contributed by atoms with Crippen LogP contribution in [0.3, 0.4) is 0 Å². The van der Waals surface area contributed by atoms with Crippen LogP contribution in [0.1, 0.15) is 5.69 Å². The van der Waals surface area contributed by atoms with Crippen molar-refractivity contribution in [1.82, 2.24) is 9.97 Å². The van der Waals surface area contributed by atoms with E-state index in [9.17, 15) is 4.39 Å². The molecule has 2 N–H and O–H groups in total. The van der Waals surface area contributed by atoms with Crippen molar-refractivity contribution in [3.8, 4) is 11.6 Å². The van der Waals surface area contributed by atoms with Gasteiger partial charge in [-0.25, -0.2) is 14.4 Å². The van der Waals surface area contributed by atoms with Crippen molar-refractivity contribution in [1.29, 1.82) is 0 Å². The molecule has 0 saturated heterocycles. The molecule has 0 amide bonds. The summed E-state index contributed by atoms with van der Waals surface area (Å²) in [6.45, 7) is 0. The van der Waals surface area contributed by atoms with Crippen LogP contribution >= 0.6 is 23.8 Å². The third kappa shape index (κ3) is 2.72. The van der Waals surface area contributed by atoms with Crippen LogP contribution in [0.5, 0.6) is 11.6 Å². The number of hydrogen-bond donors (Lipinski definition) is 1. The molecule has 2 rings (SSSR count). The minimum absolute atomic E-state index is 0.0479. The molecule has 0 aliphatic rings. The highest BCUT2D eigenvalue weighted by molar-refractivity contribution is 7.80. The maximum absolute atomic E-state index is 13.0. The second-order valence-electron chi connectivity index (χ2n) is 3.25. The third-order valence-corrected chi connectivity index (χ3v) is 2.49. The normalized spacial score (nSPS) is 10.1. The standard InChI is InChI=1S/C11H7ClFN3OS/c12-7-5-6(1-2-8(7)13)17-11-9(10(14)18)15-3-4-16-11/h1-5H,(H2,14,18). The Morgan fingerprint density at radius 2 is 2.06 bits per heavy atom. The minimum atomic E-state index is -0.530.